The Bertz CT molecular complexity index is 1080. The number of carbonyl (C=O) groups excluding carboxylic acids is 1. The van der Waals surface area contributed by atoms with Gasteiger partial charge in [-0.05, 0) is 41.5 Å². The zero-order chi connectivity index (χ0) is 19.9. The summed E-state index contributed by atoms with van der Waals surface area (Å²) in [5.74, 6) is 0.115. The molecule has 0 unspecified atom stereocenters. The summed E-state index contributed by atoms with van der Waals surface area (Å²) >= 11 is 6.10. The number of halogens is 1. The molecule has 1 amide bonds. The van der Waals surface area contributed by atoms with Crippen LogP contribution in [-0.2, 0) is 4.79 Å². The molecule has 3 aromatic rings. The highest BCUT2D eigenvalue weighted by Gasteiger charge is 2.14. The van der Waals surface area contributed by atoms with Crippen molar-refractivity contribution in [1.82, 2.24) is 0 Å². The van der Waals surface area contributed by atoms with Crippen LogP contribution in [0.15, 0.2) is 66.2 Å². The molecule has 0 heterocycles. The molecule has 0 spiro atoms. The van der Waals surface area contributed by atoms with E-state index >= 15 is 0 Å². The first-order valence-electron chi connectivity index (χ1n) is 8.96. The van der Waals surface area contributed by atoms with Crippen LogP contribution in [0.2, 0.25) is 5.02 Å². The second-order valence-electron chi connectivity index (χ2n) is 6.15. The van der Waals surface area contributed by atoms with Crippen LogP contribution >= 0.6 is 11.6 Å². The van der Waals surface area contributed by atoms with Gasteiger partial charge in [0.05, 0.1) is 17.3 Å². The van der Waals surface area contributed by atoms with Gasteiger partial charge in [-0.2, -0.15) is 5.26 Å². The zero-order valence-corrected chi connectivity index (χ0v) is 16.2. The summed E-state index contributed by atoms with van der Waals surface area (Å²) in [6, 6.07) is 20.5. The van der Waals surface area contributed by atoms with Crippen molar-refractivity contribution in [2.45, 2.75) is 13.3 Å². The predicted octanol–water partition coefficient (Wildman–Crippen LogP) is 5.83. The minimum atomic E-state index is -0.523. The van der Waals surface area contributed by atoms with Gasteiger partial charge in [0, 0.05) is 5.56 Å². The van der Waals surface area contributed by atoms with Crippen molar-refractivity contribution in [2.75, 3.05) is 11.9 Å². The molecular formula is C23H19ClN2O2. The van der Waals surface area contributed by atoms with Crippen molar-refractivity contribution >= 4 is 40.0 Å². The molecule has 28 heavy (non-hydrogen) atoms. The van der Waals surface area contributed by atoms with Gasteiger partial charge in [0.1, 0.15) is 17.4 Å². The molecule has 1 N–H and O–H groups in total. The van der Waals surface area contributed by atoms with Gasteiger partial charge in [0.2, 0.25) is 0 Å². The maximum atomic E-state index is 12.7. The van der Waals surface area contributed by atoms with Crippen LogP contribution in [-0.4, -0.2) is 12.5 Å². The number of amides is 1. The summed E-state index contributed by atoms with van der Waals surface area (Å²) in [5.41, 5.74) is 1.13. The highest BCUT2D eigenvalue weighted by molar-refractivity contribution is 6.34. The van der Waals surface area contributed by atoms with E-state index in [2.05, 4.69) is 5.32 Å². The minimum absolute atomic E-state index is 0.0300. The van der Waals surface area contributed by atoms with E-state index in [1.54, 1.807) is 30.3 Å². The Morgan fingerprint density at radius 3 is 2.64 bits per heavy atom. The van der Waals surface area contributed by atoms with E-state index < -0.39 is 5.91 Å². The van der Waals surface area contributed by atoms with Crippen LogP contribution in [0.5, 0.6) is 5.75 Å². The minimum Gasteiger partial charge on any atom is -0.493 e. The molecule has 3 aromatic carbocycles. The monoisotopic (exact) mass is 390 g/mol. The quantitative estimate of drug-likeness (QED) is 0.425. The number of carbonyl (C=O) groups is 1. The van der Waals surface area contributed by atoms with Crippen LogP contribution in [0.1, 0.15) is 18.9 Å². The molecule has 4 nitrogen and oxygen atoms in total. The van der Waals surface area contributed by atoms with Gasteiger partial charge in [-0.15, -0.1) is 0 Å². The maximum absolute atomic E-state index is 12.7. The largest absolute Gasteiger partial charge is 0.493 e. The van der Waals surface area contributed by atoms with Crippen LogP contribution in [0, 0.1) is 11.3 Å². The van der Waals surface area contributed by atoms with E-state index in [0.29, 0.717) is 28.6 Å². The van der Waals surface area contributed by atoms with Crippen LogP contribution < -0.4 is 10.1 Å². The van der Waals surface area contributed by atoms with Gasteiger partial charge < -0.3 is 10.1 Å². The van der Waals surface area contributed by atoms with Crippen molar-refractivity contribution in [1.29, 1.82) is 5.26 Å². The van der Waals surface area contributed by atoms with Gasteiger partial charge in [-0.3, -0.25) is 4.79 Å². The molecule has 0 bridgehead atoms. The summed E-state index contributed by atoms with van der Waals surface area (Å²) in [7, 11) is 0. The number of fused-ring (bicyclic) bond motifs is 1. The normalized spacial score (nSPS) is 11.1. The van der Waals surface area contributed by atoms with Crippen LogP contribution in [0.25, 0.3) is 16.8 Å². The highest BCUT2D eigenvalue weighted by atomic mass is 35.5. The molecule has 0 aliphatic rings. The number of nitrogens with zero attached hydrogens (tertiary/aromatic N) is 1. The number of ether oxygens (including phenoxy) is 1. The third-order valence-corrected chi connectivity index (χ3v) is 4.50. The Morgan fingerprint density at radius 1 is 1.14 bits per heavy atom. The Kier molecular flexibility index (Phi) is 6.31. The third kappa shape index (κ3) is 4.33. The Morgan fingerprint density at radius 2 is 1.89 bits per heavy atom. The number of benzene rings is 3. The number of nitriles is 1. The van der Waals surface area contributed by atoms with E-state index in [4.69, 9.17) is 16.3 Å². The first-order valence-corrected chi connectivity index (χ1v) is 9.34. The van der Waals surface area contributed by atoms with Crippen molar-refractivity contribution in [3.63, 3.8) is 0 Å². The number of para-hydroxylation sites is 1. The number of hydrogen-bond donors (Lipinski definition) is 1. The molecule has 0 aromatic heterocycles. The standard InChI is InChI=1S/C23H19ClN2O2/c1-2-13-28-22-12-11-16-7-3-4-8-18(16)19(22)14-17(15-25)23(27)26-21-10-6-5-9-20(21)24/h3-12,14H,2,13H2,1H3,(H,26,27)/b17-14+. The molecule has 0 aliphatic carbocycles. The summed E-state index contributed by atoms with van der Waals surface area (Å²) < 4.78 is 5.85. The number of nitrogens with one attached hydrogen (secondary N) is 1. The van der Waals surface area contributed by atoms with E-state index in [-0.39, 0.29) is 5.57 Å². The lowest BCUT2D eigenvalue weighted by Gasteiger charge is -2.12. The van der Waals surface area contributed by atoms with Gasteiger partial charge in [-0.25, -0.2) is 0 Å². The molecule has 0 atom stereocenters. The van der Waals surface area contributed by atoms with Gasteiger partial charge >= 0.3 is 0 Å². The van der Waals surface area contributed by atoms with Crippen LogP contribution in [0.3, 0.4) is 0 Å². The zero-order valence-electron chi connectivity index (χ0n) is 15.4. The average Bonchev–Trinajstić information content (AvgIpc) is 2.72. The number of hydrogen-bond acceptors (Lipinski definition) is 3. The van der Waals surface area contributed by atoms with Crippen molar-refractivity contribution in [3.05, 3.63) is 76.8 Å². The molecule has 3 rings (SSSR count). The van der Waals surface area contributed by atoms with Gasteiger partial charge in [0.15, 0.2) is 0 Å². The fourth-order valence-corrected chi connectivity index (χ4v) is 2.99. The number of rotatable bonds is 6. The molecule has 0 radical (unpaired) electrons. The Balaban J connectivity index is 2.03. The maximum Gasteiger partial charge on any atom is 0.266 e. The lowest BCUT2D eigenvalue weighted by Crippen LogP contribution is -2.13. The van der Waals surface area contributed by atoms with Crippen molar-refractivity contribution in [3.8, 4) is 11.8 Å². The smallest absolute Gasteiger partial charge is 0.266 e. The first kappa shape index (κ1) is 19.5. The summed E-state index contributed by atoms with van der Waals surface area (Å²) in [6.45, 7) is 2.57. The molecule has 140 valence electrons. The lowest BCUT2D eigenvalue weighted by molar-refractivity contribution is -0.112. The second kappa shape index (κ2) is 9.07. The Hall–Kier alpha value is -3.29. The number of anilines is 1. The van der Waals surface area contributed by atoms with E-state index in [0.717, 1.165) is 17.2 Å². The van der Waals surface area contributed by atoms with Crippen molar-refractivity contribution < 1.29 is 9.53 Å². The summed E-state index contributed by atoms with van der Waals surface area (Å²) in [5, 5.41) is 14.6. The summed E-state index contributed by atoms with van der Waals surface area (Å²) in [4.78, 5) is 12.7. The average molecular weight is 391 g/mol. The fourth-order valence-electron chi connectivity index (χ4n) is 2.81. The third-order valence-electron chi connectivity index (χ3n) is 4.17. The Labute approximate surface area is 169 Å². The lowest BCUT2D eigenvalue weighted by atomic mass is 10.0. The topological polar surface area (TPSA) is 62.1 Å². The highest BCUT2D eigenvalue weighted by Crippen LogP contribution is 2.31. The summed E-state index contributed by atoms with van der Waals surface area (Å²) in [6.07, 6.45) is 2.42. The van der Waals surface area contributed by atoms with Gasteiger partial charge in [0.25, 0.3) is 5.91 Å². The van der Waals surface area contributed by atoms with Gasteiger partial charge in [-0.1, -0.05) is 61.0 Å². The molecular weight excluding hydrogens is 372 g/mol. The van der Waals surface area contributed by atoms with E-state index in [1.807, 2.05) is 49.4 Å². The van der Waals surface area contributed by atoms with Crippen LogP contribution in [0.4, 0.5) is 5.69 Å². The molecule has 0 saturated carbocycles. The SMILES string of the molecule is CCCOc1ccc2ccccc2c1/C=C(\C#N)C(=O)Nc1ccccc1Cl. The molecule has 0 fully saturated rings. The molecule has 5 heteroatoms. The molecule has 0 aliphatic heterocycles. The fraction of sp³-hybridized carbons (Fsp3) is 0.130. The van der Waals surface area contributed by atoms with E-state index in [9.17, 15) is 10.1 Å². The van der Waals surface area contributed by atoms with E-state index in [1.165, 1.54) is 0 Å². The second-order valence-corrected chi connectivity index (χ2v) is 6.56. The predicted molar refractivity (Wildman–Crippen MR) is 113 cm³/mol. The molecule has 0 saturated heterocycles. The first-order chi connectivity index (χ1) is 13.6. The van der Waals surface area contributed by atoms with Crippen molar-refractivity contribution in [2.24, 2.45) is 0 Å².